The molecule has 5 nitrogen and oxygen atoms in total. The van der Waals surface area contributed by atoms with Crippen molar-refractivity contribution in [1.82, 2.24) is 14.9 Å². The number of alkyl halides is 1. The number of halogens is 1. The summed E-state index contributed by atoms with van der Waals surface area (Å²) in [5.41, 5.74) is 0.538. The van der Waals surface area contributed by atoms with E-state index in [1.807, 2.05) is 0 Å². The lowest BCUT2D eigenvalue weighted by atomic mass is 10.3. The molecular formula is C8H10IN3O2. The van der Waals surface area contributed by atoms with Crippen LogP contribution in [0.15, 0.2) is 12.5 Å². The van der Waals surface area contributed by atoms with E-state index >= 15 is 0 Å². The van der Waals surface area contributed by atoms with Gasteiger partial charge in [0.15, 0.2) is 0 Å². The van der Waals surface area contributed by atoms with Crippen LogP contribution in [0, 0.1) is 0 Å². The van der Waals surface area contributed by atoms with E-state index in [9.17, 15) is 4.79 Å². The first kappa shape index (κ1) is 9.91. The first-order valence-electron chi connectivity index (χ1n) is 4.30. The molecule has 1 amide bonds. The average molecular weight is 307 g/mol. The van der Waals surface area contributed by atoms with Crippen LogP contribution in [0.2, 0.25) is 0 Å². The Morgan fingerprint density at radius 2 is 2.64 bits per heavy atom. The van der Waals surface area contributed by atoms with E-state index < -0.39 is 0 Å². The number of imidazole rings is 1. The Morgan fingerprint density at radius 3 is 3.29 bits per heavy atom. The van der Waals surface area contributed by atoms with Gasteiger partial charge in [-0.15, -0.1) is 0 Å². The van der Waals surface area contributed by atoms with Crippen LogP contribution >= 0.6 is 22.6 Å². The number of carbonyl (C=O) groups is 1. The highest BCUT2D eigenvalue weighted by Crippen LogP contribution is 2.13. The third kappa shape index (κ3) is 2.06. The van der Waals surface area contributed by atoms with Crippen LogP contribution < -0.4 is 0 Å². The molecule has 1 aliphatic heterocycles. The summed E-state index contributed by atoms with van der Waals surface area (Å²) in [6.07, 6.45) is 3.05. The number of amides is 1. The van der Waals surface area contributed by atoms with Crippen LogP contribution in [0.5, 0.6) is 0 Å². The maximum atomic E-state index is 11.8. The Balaban J connectivity index is 2.04. The summed E-state index contributed by atoms with van der Waals surface area (Å²) < 4.78 is 5.43. The summed E-state index contributed by atoms with van der Waals surface area (Å²) >= 11 is 2.18. The predicted molar refractivity (Wildman–Crippen MR) is 58.3 cm³/mol. The number of nitrogens with zero attached hydrogens (tertiary/aromatic N) is 2. The second kappa shape index (κ2) is 4.26. The van der Waals surface area contributed by atoms with Crippen molar-refractivity contribution in [2.24, 2.45) is 0 Å². The van der Waals surface area contributed by atoms with Gasteiger partial charge in [0.25, 0.3) is 5.91 Å². The van der Waals surface area contributed by atoms with Gasteiger partial charge in [-0.2, -0.15) is 0 Å². The van der Waals surface area contributed by atoms with Crippen molar-refractivity contribution in [2.75, 3.05) is 19.7 Å². The minimum Gasteiger partial charge on any atom is -0.364 e. The van der Waals surface area contributed by atoms with Gasteiger partial charge in [0.2, 0.25) is 0 Å². The fourth-order valence-corrected chi connectivity index (χ4v) is 2.07. The molecule has 0 saturated carbocycles. The molecule has 1 aromatic heterocycles. The van der Waals surface area contributed by atoms with Gasteiger partial charge in [0, 0.05) is 6.54 Å². The lowest BCUT2D eigenvalue weighted by Crippen LogP contribution is -2.43. The fraction of sp³-hybridized carbons (Fsp3) is 0.500. The maximum absolute atomic E-state index is 11.8. The minimum atomic E-state index is -0.00698. The molecule has 0 bridgehead atoms. The normalized spacial score (nSPS) is 22.4. The summed E-state index contributed by atoms with van der Waals surface area (Å²) in [6, 6.07) is 0. The van der Waals surface area contributed by atoms with Gasteiger partial charge in [-0.05, 0) is 22.6 Å². The summed E-state index contributed by atoms with van der Waals surface area (Å²) in [5, 5.41) is 0. The van der Waals surface area contributed by atoms with Crippen molar-refractivity contribution in [3.8, 4) is 0 Å². The van der Waals surface area contributed by atoms with Crippen molar-refractivity contribution in [3.63, 3.8) is 0 Å². The van der Waals surface area contributed by atoms with Crippen molar-refractivity contribution in [3.05, 3.63) is 18.2 Å². The summed E-state index contributed by atoms with van der Waals surface area (Å²) in [7, 11) is 0. The lowest BCUT2D eigenvalue weighted by Gasteiger charge is -2.29. The third-order valence-corrected chi connectivity index (χ3v) is 2.79. The van der Waals surface area contributed by atoms with Crippen molar-refractivity contribution < 1.29 is 9.53 Å². The molecule has 14 heavy (non-hydrogen) atoms. The lowest BCUT2D eigenvalue weighted by molar-refractivity contribution is 0.0228. The molecular weight excluding hydrogens is 297 g/mol. The fourth-order valence-electron chi connectivity index (χ4n) is 1.34. The number of rotatable bonds is 1. The van der Waals surface area contributed by atoms with Gasteiger partial charge < -0.3 is 14.6 Å². The molecule has 1 fully saturated rings. The van der Waals surface area contributed by atoms with Crippen LogP contribution in [0.3, 0.4) is 0 Å². The molecule has 1 atom stereocenters. The molecule has 0 aliphatic carbocycles. The molecule has 6 heteroatoms. The van der Waals surface area contributed by atoms with Gasteiger partial charge in [0.1, 0.15) is 9.80 Å². The van der Waals surface area contributed by atoms with Crippen LogP contribution in [0.1, 0.15) is 10.5 Å². The molecule has 1 aliphatic rings. The number of carbonyl (C=O) groups excluding carboxylic acids is 1. The predicted octanol–water partition coefficient (Wildman–Crippen LogP) is 0.643. The number of nitrogens with one attached hydrogen (secondary N) is 1. The van der Waals surface area contributed by atoms with Crippen LogP contribution in [0.25, 0.3) is 0 Å². The Kier molecular flexibility index (Phi) is 3.02. The smallest absolute Gasteiger partial charge is 0.272 e. The molecule has 0 aromatic carbocycles. The average Bonchev–Trinajstić information content (AvgIpc) is 2.69. The third-order valence-electron chi connectivity index (χ3n) is 2.04. The van der Waals surface area contributed by atoms with E-state index in [1.165, 1.54) is 6.33 Å². The topological polar surface area (TPSA) is 58.2 Å². The molecule has 0 radical (unpaired) electrons. The van der Waals surface area contributed by atoms with Gasteiger partial charge in [-0.3, -0.25) is 4.79 Å². The van der Waals surface area contributed by atoms with E-state index in [-0.39, 0.29) is 10.0 Å². The molecule has 1 aromatic rings. The molecule has 2 heterocycles. The highest BCUT2D eigenvalue weighted by atomic mass is 127. The highest BCUT2D eigenvalue weighted by molar-refractivity contribution is 14.1. The van der Waals surface area contributed by atoms with Gasteiger partial charge in [-0.25, -0.2) is 4.98 Å². The summed E-state index contributed by atoms with van der Waals surface area (Å²) in [4.78, 5) is 20.2. The van der Waals surface area contributed by atoms with Crippen LogP contribution in [-0.4, -0.2) is 44.6 Å². The van der Waals surface area contributed by atoms with Crippen molar-refractivity contribution in [2.45, 2.75) is 4.11 Å². The Hall–Kier alpha value is -0.630. The van der Waals surface area contributed by atoms with Gasteiger partial charge in [-0.1, -0.05) is 0 Å². The van der Waals surface area contributed by atoms with Crippen molar-refractivity contribution >= 4 is 28.5 Å². The minimum absolute atomic E-state index is 0.00698. The van der Waals surface area contributed by atoms with Gasteiger partial charge >= 0.3 is 0 Å². The zero-order chi connectivity index (χ0) is 9.97. The number of aromatic amines is 1. The second-order valence-electron chi connectivity index (χ2n) is 3.00. The number of H-pyrrole nitrogens is 1. The van der Waals surface area contributed by atoms with Crippen LogP contribution in [0.4, 0.5) is 0 Å². The number of hydrogen-bond donors (Lipinski definition) is 1. The highest BCUT2D eigenvalue weighted by Gasteiger charge is 2.23. The summed E-state index contributed by atoms with van der Waals surface area (Å²) in [6.45, 7) is 1.89. The van der Waals surface area contributed by atoms with E-state index in [4.69, 9.17) is 4.74 Å². The van der Waals surface area contributed by atoms with Crippen LogP contribution in [-0.2, 0) is 4.74 Å². The van der Waals surface area contributed by atoms with E-state index in [1.54, 1.807) is 11.1 Å². The standard InChI is InChI=1S/C8H10IN3O2/c9-7-4-12(1-2-14-7)8(13)6-3-10-5-11-6/h3,5,7H,1-2,4H2,(H,10,11). The Bertz CT molecular complexity index is 314. The van der Waals surface area contributed by atoms with E-state index in [0.29, 0.717) is 25.4 Å². The number of ether oxygens (including phenoxy) is 1. The molecule has 1 N–H and O–H groups in total. The molecule has 0 spiro atoms. The first-order valence-corrected chi connectivity index (χ1v) is 5.55. The SMILES string of the molecule is O=C(c1cnc[nH]1)N1CCOC(I)C1. The Morgan fingerprint density at radius 1 is 1.79 bits per heavy atom. The van der Waals surface area contributed by atoms with E-state index in [2.05, 4.69) is 32.6 Å². The Labute approximate surface area is 95.0 Å². The number of aromatic nitrogens is 2. The molecule has 1 unspecified atom stereocenters. The maximum Gasteiger partial charge on any atom is 0.272 e. The first-order chi connectivity index (χ1) is 6.77. The molecule has 76 valence electrons. The quantitative estimate of drug-likeness (QED) is 0.612. The van der Waals surface area contributed by atoms with Gasteiger partial charge in [0.05, 0.1) is 25.7 Å². The zero-order valence-electron chi connectivity index (χ0n) is 7.44. The van der Waals surface area contributed by atoms with Crippen molar-refractivity contribution in [1.29, 1.82) is 0 Å². The second-order valence-corrected chi connectivity index (χ2v) is 4.39. The molecule has 2 rings (SSSR count). The molecule has 1 saturated heterocycles. The largest absolute Gasteiger partial charge is 0.364 e. The zero-order valence-corrected chi connectivity index (χ0v) is 9.60. The number of morpholine rings is 1. The summed E-state index contributed by atoms with van der Waals surface area (Å²) in [5.74, 6) is -0.00698. The van der Waals surface area contributed by atoms with E-state index in [0.717, 1.165) is 0 Å². The number of hydrogen-bond acceptors (Lipinski definition) is 3. The monoisotopic (exact) mass is 307 g/mol.